The number of aromatic nitrogens is 24. The van der Waals surface area contributed by atoms with Crippen molar-refractivity contribution in [2.75, 3.05) is 23.8 Å². The summed E-state index contributed by atoms with van der Waals surface area (Å²) >= 11 is 0. The molecule has 0 atom stereocenters. The lowest BCUT2D eigenvalue weighted by Crippen LogP contribution is -2.11. The van der Waals surface area contributed by atoms with Gasteiger partial charge in [-0.3, -0.25) is 14.4 Å². The standard InChI is InChI=1S/C11H16N4O.C10H13N3.C9H12N4O.C9H12N4.C9H11N3O.C8H11N5O.C8H11N5/c1-5-16-11-9-10(13-8(4)14-11)15(6-12-9)7(2)3;1-7(2)13-6-4-8-9(11)3-5-12-10(8)13;1-5(2)13-4-10-7-8(13)11-6(3)12-9(7)14;1-6(2)13-5-12-8-7(10)3-4-11-9(8)13;1-6(2)12-5-11-8-7(13)3-4-10-9(8)12;1-4(2)13-7-6(11-12-13)8(14)10-5(3)9-7;1-5(2)13-8-7(11-12-13)6(9)3-4-10-8/h6-7H,5H2,1-4H3;3-7H,1-2H3,(H2,11,12);4-5H,1-3H3,(H,11,12,14);3-6H,1-2H3,(H2,10,11);4-6H,3H2,1-2H3;4H,1-3H3,(H,9,10,14);3-5H,1-2H3,(H2,9,10). The van der Waals surface area contributed by atoms with E-state index in [4.69, 9.17) is 21.9 Å². The van der Waals surface area contributed by atoms with Crippen LogP contribution in [0.15, 0.2) is 88.9 Å². The van der Waals surface area contributed by atoms with Crippen molar-refractivity contribution in [3.8, 4) is 5.88 Å². The number of imidazole rings is 4. The van der Waals surface area contributed by atoms with Gasteiger partial charge >= 0.3 is 0 Å². The third-order valence-electron chi connectivity index (χ3n) is 14.6. The molecule has 0 amide bonds. The molecule has 506 valence electrons. The number of carbonyl (C=O) groups is 1. The van der Waals surface area contributed by atoms with Gasteiger partial charge in [-0.2, -0.15) is 4.98 Å². The molecule has 14 rings (SSSR count). The second-order valence-corrected chi connectivity index (χ2v) is 24.3. The average molecular weight is 1310 g/mol. The monoisotopic (exact) mass is 1310 g/mol. The van der Waals surface area contributed by atoms with Crippen LogP contribution in [0.1, 0.15) is 181 Å². The average Bonchev–Trinajstić information content (AvgIpc) is 1.65. The Hall–Kier alpha value is -11.2. The van der Waals surface area contributed by atoms with Crippen LogP contribution in [0.2, 0.25) is 0 Å². The van der Waals surface area contributed by atoms with Crippen molar-refractivity contribution in [1.82, 2.24) is 118 Å². The molecule has 1 aliphatic heterocycles. The van der Waals surface area contributed by atoms with E-state index in [2.05, 4.69) is 137 Å². The molecule has 96 heavy (non-hydrogen) atoms. The highest BCUT2D eigenvalue weighted by atomic mass is 16.5. The van der Waals surface area contributed by atoms with E-state index in [9.17, 15) is 14.4 Å². The summed E-state index contributed by atoms with van der Waals surface area (Å²) < 4.78 is 18.8. The molecule has 32 nitrogen and oxygen atoms in total. The Morgan fingerprint density at radius 3 is 1.51 bits per heavy atom. The summed E-state index contributed by atoms with van der Waals surface area (Å²) in [7, 11) is 0. The Morgan fingerprint density at radius 1 is 0.469 bits per heavy atom. The number of fused-ring (bicyclic) bond motifs is 7. The maximum atomic E-state index is 11.5. The van der Waals surface area contributed by atoms with Crippen LogP contribution in [0.4, 0.5) is 22.9 Å². The van der Waals surface area contributed by atoms with Crippen molar-refractivity contribution < 1.29 is 9.53 Å². The number of Topliss-reactive ketones (excluding diaryl/α,β-unsaturated/α-hetero) is 1. The molecular weight excluding hydrogens is 1220 g/mol. The molecule has 13 aromatic heterocycles. The van der Waals surface area contributed by atoms with Crippen LogP contribution >= 0.6 is 0 Å². The highest BCUT2D eigenvalue weighted by Crippen LogP contribution is 2.28. The second-order valence-electron chi connectivity index (χ2n) is 24.3. The smallest absolute Gasteiger partial charge is 0.281 e. The number of carbonyl (C=O) groups excluding carboxylic acids is 1. The lowest BCUT2D eigenvalue weighted by atomic mass is 10.2. The van der Waals surface area contributed by atoms with Crippen LogP contribution < -0.4 is 33.1 Å². The van der Waals surface area contributed by atoms with Crippen molar-refractivity contribution in [3.05, 3.63) is 118 Å². The van der Waals surface area contributed by atoms with Gasteiger partial charge in [0.25, 0.3) is 11.1 Å². The Bertz CT molecular complexity index is 4650. The number of nitrogens with one attached hydrogen (secondary N) is 2. The summed E-state index contributed by atoms with van der Waals surface area (Å²) in [6.45, 7) is 36.6. The van der Waals surface area contributed by atoms with Crippen molar-refractivity contribution >= 4 is 102 Å². The first kappa shape index (κ1) is 70.7. The fourth-order valence-electron chi connectivity index (χ4n) is 9.73. The largest absolute Gasteiger partial charge is 0.476 e. The number of rotatable bonds is 9. The Morgan fingerprint density at radius 2 is 0.938 bits per heavy atom. The first-order valence-electron chi connectivity index (χ1n) is 31.6. The normalized spacial score (nSPS) is 11.9. The molecule has 0 aliphatic carbocycles. The minimum atomic E-state index is -0.237. The van der Waals surface area contributed by atoms with Crippen LogP contribution in [0.25, 0.3) is 66.9 Å². The number of pyridine rings is 3. The number of ketones is 1. The quantitative estimate of drug-likeness (QED) is 0.0896. The first-order valence-corrected chi connectivity index (χ1v) is 31.6. The van der Waals surface area contributed by atoms with Gasteiger partial charge in [-0.1, -0.05) is 10.4 Å². The first-order chi connectivity index (χ1) is 45.6. The van der Waals surface area contributed by atoms with Crippen LogP contribution in [0.3, 0.4) is 0 Å². The number of H-pyrrole nitrogens is 2. The van der Waals surface area contributed by atoms with E-state index < -0.39 is 0 Å². The molecule has 0 spiro atoms. The van der Waals surface area contributed by atoms with Gasteiger partial charge in [-0.25, -0.2) is 64.2 Å². The van der Waals surface area contributed by atoms with Gasteiger partial charge in [0.1, 0.15) is 28.6 Å². The van der Waals surface area contributed by atoms with Crippen LogP contribution in [-0.4, -0.2) is 136 Å². The Balaban J connectivity index is 0.000000143. The molecule has 0 aromatic carbocycles. The van der Waals surface area contributed by atoms with Crippen molar-refractivity contribution in [2.45, 2.75) is 173 Å². The van der Waals surface area contributed by atoms with E-state index in [-0.39, 0.29) is 35.0 Å². The molecule has 0 radical (unpaired) electrons. The minimum Gasteiger partial charge on any atom is -0.476 e. The summed E-state index contributed by atoms with van der Waals surface area (Å²) in [5.41, 5.74) is 27.0. The maximum absolute atomic E-state index is 11.5. The van der Waals surface area contributed by atoms with Crippen LogP contribution in [-0.2, 0) is 0 Å². The topological polar surface area (TPSA) is 410 Å². The van der Waals surface area contributed by atoms with Crippen LogP contribution in [0, 0.1) is 20.8 Å². The van der Waals surface area contributed by atoms with E-state index >= 15 is 0 Å². The van der Waals surface area contributed by atoms with Gasteiger partial charge in [0.05, 0.1) is 55.4 Å². The van der Waals surface area contributed by atoms with Crippen molar-refractivity contribution in [3.63, 3.8) is 0 Å². The van der Waals surface area contributed by atoms with E-state index in [0.717, 1.165) is 44.7 Å². The predicted octanol–water partition coefficient (Wildman–Crippen LogP) is 10.1. The summed E-state index contributed by atoms with van der Waals surface area (Å²) in [5, 5.41) is 16.7. The Kier molecular flexibility index (Phi) is 22.6. The third kappa shape index (κ3) is 15.9. The molecule has 1 aliphatic rings. The fourth-order valence-corrected chi connectivity index (χ4v) is 9.73. The van der Waals surface area contributed by atoms with Crippen LogP contribution in [0.5, 0.6) is 5.88 Å². The summed E-state index contributed by atoms with van der Waals surface area (Å²) in [4.78, 5) is 90.1. The summed E-state index contributed by atoms with van der Waals surface area (Å²) in [5.74, 6) is 3.23. The zero-order valence-corrected chi connectivity index (χ0v) is 57.6. The zero-order valence-electron chi connectivity index (χ0n) is 57.6. The number of nitrogens with two attached hydrogens (primary N) is 3. The van der Waals surface area contributed by atoms with Gasteiger partial charge in [-0.15, -0.1) is 10.2 Å². The maximum Gasteiger partial charge on any atom is 0.281 e. The molecule has 13 aromatic rings. The van der Waals surface area contributed by atoms with Crippen molar-refractivity contribution in [2.24, 2.45) is 4.99 Å². The lowest BCUT2D eigenvalue weighted by Gasteiger charge is -2.10. The molecule has 0 fully saturated rings. The van der Waals surface area contributed by atoms with Crippen molar-refractivity contribution in [1.29, 1.82) is 0 Å². The SMILES string of the molecule is CC(C)n1ccc2c(N)ccnc21.CC(C)n1cnc2c(N)ccnc21.CC(C)n1cnc2c1N=CCC2=O.CC(C)n1nnc2c(N)ccnc21.CCOc1nc(C)nc2c1ncn2C(C)C.Cc1nc2c(ncn2C(C)C)c(=O)[nH]1.Cc1nc2c(nnn2C(C)C)c(=O)[nH]1. The van der Waals surface area contributed by atoms with E-state index in [1.165, 1.54) is 0 Å². The van der Waals surface area contributed by atoms with Gasteiger partial charge < -0.3 is 54.7 Å². The summed E-state index contributed by atoms with van der Waals surface area (Å²) in [6.07, 6.45) is 16.1. The highest BCUT2D eigenvalue weighted by Gasteiger charge is 2.22. The van der Waals surface area contributed by atoms with Gasteiger partial charge in [0.2, 0.25) is 5.88 Å². The van der Waals surface area contributed by atoms with E-state index in [0.29, 0.717) is 111 Å². The number of ether oxygens (including phenoxy) is 1. The highest BCUT2D eigenvalue weighted by molar-refractivity contribution is 6.08. The third-order valence-corrected chi connectivity index (χ3v) is 14.6. The number of aromatic amines is 2. The molecule has 0 bridgehead atoms. The van der Waals surface area contributed by atoms with E-state index in [1.807, 2.05) is 106 Å². The molecule has 0 saturated heterocycles. The lowest BCUT2D eigenvalue weighted by molar-refractivity contribution is 0.0996. The molecular formula is C64H86N28O4. The van der Waals surface area contributed by atoms with Gasteiger partial charge in [0.15, 0.2) is 67.6 Å². The van der Waals surface area contributed by atoms with Gasteiger partial charge in [0, 0.05) is 78.7 Å². The number of anilines is 3. The predicted molar refractivity (Wildman–Crippen MR) is 373 cm³/mol. The number of nitrogen functional groups attached to an aromatic ring is 3. The molecule has 8 N–H and O–H groups in total. The molecule has 0 unspecified atom stereocenters. The second kappa shape index (κ2) is 30.7. The Labute approximate surface area is 553 Å². The van der Waals surface area contributed by atoms with Gasteiger partial charge in [-0.05, 0) is 149 Å². The van der Waals surface area contributed by atoms with E-state index in [1.54, 1.807) is 85.5 Å². The fraction of sp³-hybridized carbons (Fsp3) is 0.422. The number of aryl methyl sites for hydroxylation is 3. The molecule has 14 heterocycles. The number of hydrogen-bond acceptors (Lipinski definition) is 23. The number of aliphatic imine (C=N–C) groups is 1. The number of hydrogen-bond donors (Lipinski definition) is 5. The number of nitrogens with zero attached hydrogens (tertiary/aromatic N) is 23. The minimum absolute atomic E-state index is 0.0596. The zero-order chi connectivity index (χ0) is 70.0. The molecule has 32 heteroatoms. The molecule has 0 saturated carbocycles. The summed E-state index contributed by atoms with van der Waals surface area (Å²) in [6, 6.07) is 9.38.